The molecule has 54 heavy (non-hydrogen) atoms. The number of amides is 2. The Morgan fingerprint density at radius 2 is 1.35 bits per heavy atom. The van der Waals surface area contributed by atoms with E-state index in [2.05, 4.69) is 92.5 Å². The summed E-state index contributed by atoms with van der Waals surface area (Å²) in [5, 5.41) is 12.1. The van der Waals surface area contributed by atoms with Crippen LogP contribution in [0.25, 0.3) is 21.9 Å². The quantitative estimate of drug-likeness (QED) is 0.143. The highest BCUT2D eigenvalue weighted by atomic mass is 16.7. The van der Waals surface area contributed by atoms with Crippen molar-refractivity contribution in [3.8, 4) is 11.1 Å². The molecule has 7 heteroatoms. The van der Waals surface area contributed by atoms with E-state index < -0.39 is 6.29 Å². The summed E-state index contributed by atoms with van der Waals surface area (Å²) in [4.78, 5) is 29.7. The molecule has 1 saturated heterocycles. The fraction of sp³-hybridized carbons (Fsp3) is 0.234. The van der Waals surface area contributed by atoms with Gasteiger partial charge in [0.2, 0.25) is 0 Å². The molecule has 1 N–H and O–H groups in total. The minimum Gasteiger partial charge on any atom is -0.392 e. The monoisotopic (exact) mass is 716 g/mol. The van der Waals surface area contributed by atoms with E-state index in [1.54, 1.807) is 24.3 Å². The van der Waals surface area contributed by atoms with Crippen LogP contribution in [-0.2, 0) is 22.6 Å². The molecule has 272 valence electrons. The number of nitrogens with zero attached hydrogens (tertiary/aromatic N) is 2. The largest absolute Gasteiger partial charge is 0.392 e. The fourth-order valence-corrected chi connectivity index (χ4v) is 7.74. The van der Waals surface area contributed by atoms with Crippen LogP contribution < -0.4 is 0 Å². The molecule has 0 bridgehead atoms. The second-order valence-corrected chi connectivity index (χ2v) is 14.6. The van der Waals surface area contributed by atoms with Crippen LogP contribution in [0.3, 0.4) is 0 Å². The van der Waals surface area contributed by atoms with Crippen LogP contribution in [0.4, 0.5) is 0 Å². The summed E-state index contributed by atoms with van der Waals surface area (Å²) >= 11 is 0. The molecule has 1 fully saturated rings. The number of imide groups is 1. The van der Waals surface area contributed by atoms with Gasteiger partial charge in [-0.2, -0.15) is 0 Å². The number of benzene rings is 6. The van der Waals surface area contributed by atoms with Crippen LogP contribution in [0.1, 0.15) is 80.8 Å². The van der Waals surface area contributed by atoms with E-state index in [0.717, 1.165) is 33.4 Å². The summed E-state index contributed by atoms with van der Waals surface area (Å²) in [6.45, 7) is 5.34. The van der Waals surface area contributed by atoms with E-state index in [1.807, 2.05) is 48.5 Å². The third-order valence-electron chi connectivity index (χ3n) is 11.2. The van der Waals surface area contributed by atoms with Gasteiger partial charge in [0.05, 0.1) is 36.5 Å². The molecule has 6 aromatic rings. The first kappa shape index (κ1) is 35.6. The van der Waals surface area contributed by atoms with Crippen LogP contribution in [0.5, 0.6) is 0 Å². The standard InChI is InChI=1S/C47H44N2O5/c1-30-43(28-48(3)31(2)38-24-21-34-10-4-5-11-40(34)26-38)53-47(54-44(30)36-17-15-32(29-50)16-18-36)37-22-19-35(20-23-37)39-12-8-9-33(25-39)27-49-45(51)41-13-6-7-14-42(41)46(49)52/h4-26,30-31,43-44,47,50H,27-29H2,1-3H3/t30-,31-,43+,44+,47+/m1/s1. The number of hydrogen-bond donors (Lipinski definition) is 1. The number of likely N-dealkylation sites (N-methyl/N-ethyl adjacent to an activating group) is 1. The molecule has 0 aromatic heterocycles. The number of ether oxygens (including phenoxy) is 2. The SMILES string of the molecule is C[C@@H]1[C@H](CN(C)[C@H](C)c2ccc3ccccc3c2)O[C@H](c2ccc(-c3cccc(CN4C(=O)c5ccccc5C4=O)c3)cc2)O[C@@H]1c1ccc(CO)cc1. The van der Waals surface area contributed by atoms with Crippen LogP contribution in [-0.4, -0.2) is 46.4 Å². The van der Waals surface area contributed by atoms with Crippen molar-refractivity contribution in [2.45, 2.75) is 51.5 Å². The molecule has 2 heterocycles. The average molecular weight is 717 g/mol. The number of fused-ring (bicyclic) bond motifs is 2. The molecule has 8 rings (SSSR count). The maximum atomic E-state index is 13.0. The molecule has 0 spiro atoms. The van der Waals surface area contributed by atoms with Crippen molar-refractivity contribution in [2.24, 2.45) is 5.92 Å². The molecule has 2 aliphatic heterocycles. The lowest BCUT2D eigenvalue weighted by molar-refractivity contribution is -0.276. The van der Waals surface area contributed by atoms with E-state index in [9.17, 15) is 14.7 Å². The Labute approximate surface area is 316 Å². The maximum Gasteiger partial charge on any atom is 0.261 e. The smallest absolute Gasteiger partial charge is 0.261 e. The van der Waals surface area contributed by atoms with Gasteiger partial charge in [0, 0.05) is 24.1 Å². The molecular weight excluding hydrogens is 673 g/mol. The van der Waals surface area contributed by atoms with Crippen molar-refractivity contribution in [1.82, 2.24) is 9.80 Å². The van der Waals surface area contributed by atoms with Gasteiger partial charge in [0.1, 0.15) is 0 Å². The Kier molecular flexibility index (Phi) is 9.97. The summed E-state index contributed by atoms with van der Waals surface area (Å²) in [5.74, 6) is -0.471. The van der Waals surface area contributed by atoms with Crippen molar-refractivity contribution in [3.63, 3.8) is 0 Å². The van der Waals surface area contributed by atoms with E-state index in [-0.39, 0.29) is 49.1 Å². The Hall–Kier alpha value is -5.44. The summed E-state index contributed by atoms with van der Waals surface area (Å²) in [5.41, 5.74) is 7.85. The van der Waals surface area contributed by atoms with Crippen molar-refractivity contribution >= 4 is 22.6 Å². The van der Waals surface area contributed by atoms with Gasteiger partial charge in [-0.15, -0.1) is 0 Å². The van der Waals surface area contributed by atoms with E-state index in [0.29, 0.717) is 17.7 Å². The van der Waals surface area contributed by atoms with Crippen LogP contribution in [0.15, 0.2) is 140 Å². The van der Waals surface area contributed by atoms with Crippen molar-refractivity contribution in [3.05, 3.63) is 178 Å². The highest BCUT2D eigenvalue weighted by molar-refractivity contribution is 6.21. The Morgan fingerprint density at radius 3 is 2.06 bits per heavy atom. The summed E-state index contributed by atoms with van der Waals surface area (Å²) in [6.07, 6.45) is -0.936. The maximum absolute atomic E-state index is 13.0. The Morgan fingerprint density at radius 1 is 0.685 bits per heavy atom. The zero-order chi connectivity index (χ0) is 37.3. The topological polar surface area (TPSA) is 79.3 Å². The number of aliphatic hydroxyl groups excluding tert-OH is 1. The minimum absolute atomic E-state index is 0.00873. The Balaban J connectivity index is 1.02. The van der Waals surface area contributed by atoms with Gasteiger partial charge in [-0.1, -0.05) is 122 Å². The molecule has 2 amide bonds. The predicted molar refractivity (Wildman–Crippen MR) is 210 cm³/mol. The van der Waals surface area contributed by atoms with E-state index in [1.165, 1.54) is 21.2 Å². The first-order chi connectivity index (χ1) is 26.3. The zero-order valence-electron chi connectivity index (χ0n) is 30.8. The second-order valence-electron chi connectivity index (χ2n) is 14.6. The normalized spacial score (nSPS) is 20.4. The van der Waals surface area contributed by atoms with Gasteiger partial charge < -0.3 is 14.6 Å². The van der Waals surface area contributed by atoms with Gasteiger partial charge >= 0.3 is 0 Å². The third-order valence-corrected chi connectivity index (χ3v) is 11.2. The molecule has 6 aromatic carbocycles. The first-order valence-corrected chi connectivity index (χ1v) is 18.6. The number of aliphatic hydroxyl groups is 1. The lowest BCUT2D eigenvalue weighted by atomic mass is 9.89. The van der Waals surface area contributed by atoms with Gasteiger partial charge in [-0.25, -0.2) is 0 Å². The number of hydrogen-bond acceptors (Lipinski definition) is 6. The molecule has 2 aliphatic rings. The lowest BCUT2D eigenvalue weighted by Gasteiger charge is -2.43. The number of carbonyl (C=O) groups excluding carboxylic acids is 2. The summed E-state index contributed by atoms with van der Waals surface area (Å²) in [7, 11) is 2.16. The van der Waals surface area contributed by atoms with E-state index in [4.69, 9.17) is 9.47 Å². The lowest BCUT2D eigenvalue weighted by Crippen LogP contribution is -2.44. The van der Waals surface area contributed by atoms with Crippen LogP contribution in [0, 0.1) is 5.92 Å². The molecule has 5 atom stereocenters. The van der Waals surface area contributed by atoms with Crippen molar-refractivity contribution < 1.29 is 24.2 Å². The molecule has 0 saturated carbocycles. The van der Waals surface area contributed by atoms with Crippen molar-refractivity contribution in [2.75, 3.05) is 13.6 Å². The number of carbonyl (C=O) groups is 2. The van der Waals surface area contributed by atoms with Gasteiger partial charge in [0.15, 0.2) is 6.29 Å². The number of rotatable bonds is 10. The highest BCUT2D eigenvalue weighted by Crippen LogP contribution is 2.42. The average Bonchev–Trinajstić information content (AvgIpc) is 3.45. The van der Waals surface area contributed by atoms with Crippen LogP contribution in [0.2, 0.25) is 0 Å². The molecule has 0 aliphatic carbocycles. The molecule has 7 nitrogen and oxygen atoms in total. The van der Waals surface area contributed by atoms with Gasteiger partial charge in [-0.05, 0) is 82.4 Å². The minimum atomic E-state index is -0.590. The molecule has 0 radical (unpaired) electrons. The highest BCUT2D eigenvalue weighted by Gasteiger charge is 2.39. The Bertz CT molecular complexity index is 2270. The van der Waals surface area contributed by atoms with Crippen LogP contribution >= 0.6 is 0 Å². The van der Waals surface area contributed by atoms with E-state index >= 15 is 0 Å². The van der Waals surface area contributed by atoms with Gasteiger partial charge in [-0.3, -0.25) is 19.4 Å². The predicted octanol–water partition coefficient (Wildman–Crippen LogP) is 9.28. The molecular formula is C47H44N2O5. The fourth-order valence-electron chi connectivity index (χ4n) is 7.74. The summed E-state index contributed by atoms with van der Waals surface area (Å²) < 4.78 is 13.6. The third kappa shape index (κ3) is 6.99. The summed E-state index contributed by atoms with van der Waals surface area (Å²) in [6, 6.07) is 46.5. The zero-order valence-corrected chi connectivity index (χ0v) is 30.8. The molecule has 0 unspecified atom stereocenters. The second kappa shape index (κ2) is 15.1. The van der Waals surface area contributed by atoms with Crippen molar-refractivity contribution in [1.29, 1.82) is 0 Å². The van der Waals surface area contributed by atoms with Gasteiger partial charge in [0.25, 0.3) is 11.8 Å². The first-order valence-electron chi connectivity index (χ1n) is 18.6.